The number of hydrogen-bond acceptors (Lipinski definition) is 3. The fraction of sp³-hybridized carbons (Fsp3) is 0.462. The van der Waals surface area contributed by atoms with Crippen molar-refractivity contribution < 1.29 is 22.8 Å². The second kappa shape index (κ2) is 4.71. The largest absolute Gasteiger partial charge is 0.433 e. The van der Waals surface area contributed by atoms with E-state index in [0.717, 1.165) is 23.2 Å². The fourth-order valence-corrected chi connectivity index (χ4v) is 2.10. The van der Waals surface area contributed by atoms with Crippen LogP contribution in [0.1, 0.15) is 26.5 Å². The van der Waals surface area contributed by atoms with Gasteiger partial charge in [0.25, 0.3) is 5.91 Å². The average Bonchev–Trinajstić information content (AvgIpc) is 2.36. The summed E-state index contributed by atoms with van der Waals surface area (Å²) in [7, 11) is 0. The number of carbonyl (C=O) groups is 2. The molecule has 2 heterocycles. The Balaban J connectivity index is 2.39. The zero-order valence-electron chi connectivity index (χ0n) is 11.7. The van der Waals surface area contributed by atoms with Gasteiger partial charge in [-0.25, -0.2) is 4.98 Å². The number of nitrogens with one attached hydrogen (secondary N) is 1. The third-order valence-electron chi connectivity index (χ3n) is 3.27. The smallest absolute Gasteiger partial charge is 0.340 e. The van der Waals surface area contributed by atoms with Crippen molar-refractivity contribution in [1.82, 2.24) is 10.3 Å². The zero-order valence-corrected chi connectivity index (χ0v) is 11.7. The predicted octanol–water partition coefficient (Wildman–Crippen LogP) is 1.73. The quantitative estimate of drug-likeness (QED) is 0.859. The molecule has 5 nitrogen and oxygen atoms in total. The molecule has 1 unspecified atom stereocenters. The van der Waals surface area contributed by atoms with E-state index in [4.69, 9.17) is 0 Å². The first-order valence-corrected chi connectivity index (χ1v) is 6.23. The van der Waals surface area contributed by atoms with E-state index >= 15 is 0 Å². The molecular formula is C13H14F3N3O2. The summed E-state index contributed by atoms with van der Waals surface area (Å²) in [4.78, 5) is 28.7. The van der Waals surface area contributed by atoms with Crippen LogP contribution in [0.4, 0.5) is 18.9 Å². The number of rotatable bonds is 1. The molecule has 1 aliphatic heterocycles. The van der Waals surface area contributed by atoms with Crippen molar-refractivity contribution in [3.05, 3.63) is 24.0 Å². The summed E-state index contributed by atoms with van der Waals surface area (Å²) < 4.78 is 37.5. The van der Waals surface area contributed by atoms with Gasteiger partial charge in [0.2, 0.25) is 5.91 Å². The van der Waals surface area contributed by atoms with Gasteiger partial charge in [0.05, 0.1) is 11.9 Å². The number of alkyl halides is 3. The Morgan fingerprint density at radius 2 is 1.90 bits per heavy atom. The molecule has 0 bridgehead atoms. The lowest BCUT2D eigenvalue weighted by Gasteiger charge is -2.41. The Kier molecular flexibility index (Phi) is 3.43. The number of nitrogens with zero attached hydrogens (tertiary/aromatic N) is 2. The normalized spacial score (nSPS) is 22.2. The second-order valence-corrected chi connectivity index (χ2v) is 5.36. The van der Waals surface area contributed by atoms with E-state index in [-0.39, 0.29) is 11.6 Å². The summed E-state index contributed by atoms with van der Waals surface area (Å²) in [5.41, 5.74) is -2.01. The number of halogens is 3. The highest BCUT2D eigenvalue weighted by Crippen LogP contribution is 2.30. The molecule has 1 aliphatic rings. The monoisotopic (exact) mass is 301 g/mol. The van der Waals surface area contributed by atoms with Gasteiger partial charge in [0.15, 0.2) is 0 Å². The predicted molar refractivity (Wildman–Crippen MR) is 68.4 cm³/mol. The molecule has 114 valence electrons. The fourth-order valence-electron chi connectivity index (χ4n) is 2.10. The lowest BCUT2D eigenvalue weighted by Crippen LogP contribution is -2.67. The van der Waals surface area contributed by atoms with Crippen LogP contribution in [0, 0.1) is 0 Å². The van der Waals surface area contributed by atoms with Gasteiger partial charge in [-0.2, -0.15) is 13.2 Å². The van der Waals surface area contributed by atoms with Gasteiger partial charge in [0, 0.05) is 0 Å². The third-order valence-corrected chi connectivity index (χ3v) is 3.27. The third kappa shape index (κ3) is 2.70. The molecule has 1 aromatic rings. The number of amides is 2. The van der Waals surface area contributed by atoms with Crippen molar-refractivity contribution >= 4 is 17.5 Å². The van der Waals surface area contributed by atoms with Crippen molar-refractivity contribution in [2.24, 2.45) is 0 Å². The van der Waals surface area contributed by atoms with Crippen LogP contribution < -0.4 is 10.2 Å². The van der Waals surface area contributed by atoms with Gasteiger partial charge in [0.1, 0.15) is 17.3 Å². The van der Waals surface area contributed by atoms with Crippen molar-refractivity contribution in [3.8, 4) is 0 Å². The molecule has 1 saturated heterocycles. The molecule has 1 N–H and O–H groups in total. The van der Waals surface area contributed by atoms with Crippen LogP contribution in [0.2, 0.25) is 0 Å². The molecule has 1 aromatic heterocycles. The molecule has 2 rings (SSSR count). The highest BCUT2D eigenvalue weighted by Gasteiger charge is 2.44. The summed E-state index contributed by atoms with van der Waals surface area (Å²) in [6.07, 6.45) is -3.60. The molecule has 0 aliphatic carbocycles. The standard InChI is InChI=1S/C13H14F3N3O2/c1-7-10(20)18-12(2,3)11(21)19(7)8-4-5-9(17-6-8)13(14,15)16/h4-7H,1-3H3,(H,18,20). The molecule has 0 saturated carbocycles. The maximum atomic E-state index is 12.5. The van der Waals surface area contributed by atoms with Crippen LogP contribution in [0.25, 0.3) is 0 Å². The molecule has 2 amide bonds. The molecule has 0 radical (unpaired) electrons. The number of hydrogen-bond donors (Lipinski definition) is 1. The molecule has 1 atom stereocenters. The van der Waals surface area contributed by atoms with E-state index in [9.17, 15) is 22.8 Å². The van der Waals surface area contributed by atoms with Crippen LogP contribution in [-0.2, 0) is 15.8 Å². The van der Waals surface area contributed by atoms with Crippen LogP contribution in [0.5, 0.6) is 0 Å². The van der Waals surface area contributed by atoms with Gasteiger partial charge < -0.3 is 5.32 Å². The van der Waals surface area contributed by atoms with E-state index in [0.29, 0.717) is 0 Å². The second-order valence-electron chi connectivity index (χ2n) is 5.36. The van der Waals surface area contributed by atoms with E-state index in [1.165, 1.54) is 20.8 Å². The number of pyridine rings is 1. The first-order chi connectivity index (χ1) is 9.54. The lowest BCUT2D eigenvalue weighted by molar-refractivity contribution is -0.141. The topological polar surface area (TPSA) is 62.3 Å². The average molecular weight is 301 g/mol. The van der Waals surface area contributed by atoms with Crippen LogP contribution in [0.3, 0.4) is 0 Å². The number of carbonyl (C=O) groups excluding carboxylic acids is 2. The number of anilines is 1. The van der Waals surface area contributed by atoms with Gasteiger partial charge in [-0.1, -0.05) is 0 Å². The van der Waals surface area contributed by atoms with Gasteiger partial charge in [-0.05, 0) is 32.9 Å². The minimum atomic E-state index is -4.55. The van der Waals surface area contributed by atoms with E-state index in [2.05, 4.69) is 10.3 Å². The first kappa shape index (κ1) is 15.3. The molecule has 1 fully saturated rings. The minimum absolute atomic E-state index is 0.156. The SMILES string of the molecule is CC1C(=O)NC(C)(C)C(=O)N1c1ccc(C(F)(F)F)nc1. The van der Waals surface area contributed by atoms with Crippen LogP contribution in [0.15, 0.2) is 18.3 Å². The van der Waals surface area contributed by atoms with E-state index in [1.54, 1.807) is 0 Å². The summed E-state index contributed by atoms with van der Waals surface area (Å²) >= 11 is 0. The van der Waals surface area contributed by atoms with Gasteiger partial charge >= 0.3 is 6.18 Å². The molecule has 0 aromatic carbocycles. The van der Waals surface area contributed by atoms with Crippen LogP contribution >= 0.6 is 0 Å². The van der Waals surface area contributed by atoms with E-state index in [1.807, 2.05) is 0 Å². The Morgan fingerprint density at radius 3 is 2.38 bits per heavy atom. The highest BCUT2D eigenvalue weighted by atomic mass is 19.4. The maximum absolute atomic E-state index is 12.5. The Morgan fingerprint density at radius 1 is 1.29 bits per heavy atom. The maximum Gasteiger partial charge on any atom is 0.433 e. The zero-order chi connectivity index (χ0) is 16.0. The summed E-state index contributed by atoms with van der Waals surface area (Å²) in [5, 5.41) is 2.56. The summed E-state index contributed by atoms with van der Waals surface area (Å²) in [5.74, 6) is -0.782. The van der Waals surface area contributed by atoms with Crippen molar-refractivity contribution in [1.29, 1.82) is 0 Å². The highest BCUT2D eigenvalue weighted by molar-refractivity contribution is 6.10. The first-order valence-electron chi connectivity index (χ1n) is 6.23. The number of aromatic nitrogens is 1. The Labute approximate surface area is 119 Å². The Bertz CT molecular complexity index is 581. The van der Waals surface area contributed by atoms with Crippen molar-refractivity contribution in [2.75, 3.05) is 4.90 Å². The molecular weight excluding hydrogens is 287 g/mol. The molecule has 0 spiro atoms. The molecule has 21 heavy (non-hydrogen) atoms. The number of piperazine rings is 1. The summed E-state index contributed by atoms with van der Waals surface area (Å²) in [6.45, 7) is 4.56. The van der Waals surface area contributed by atoms with Gasteiger partial charge in [-0.3, -0.25) is 14.5 Å². The Hall–Kier alpha value is -2.12. The summed E-state index contributed by atoms with van der Waals surface area (Å²) in [6, 6.07) is 1.11. The lowest BCUT2D eigenvalue weighted by atomic mass is 9.97. The van der Waals surface area contributed by atoms with E-state index < -0.39 is 29.4 Å². The van der Waals surface area contributed by atoms with Crippen molar-refractivity contribution in [3.63, 3.8) is 0 Å². The van der Waals surface area contributed by atoms with Gasteiger partial charge in [-0.15, -0.1) is 0 Å². The van der Waals surface area contributed by atoms with Crippen molar-refractivity contribution in [2.45, 2.75) is 38.5 Å². The molecule has 8 heteroatoms. The minimum Gasteiger partial charge on any atom is -0.340 e. The van der Waals surface area contributed by atoms with Crippen LogP contribution in [-0.4, -0.2) is 28.4 Å².